The highest BCUT2D eigenvalue weighted by Gasteiger charge is 2.26. The van der Waals surface area contributed by atoms with Crippen molar-refractivity contribution in [3.05, 3.63) is 59.7 Å². The molecule has 152 valence electrons. The Morgan fingerprint density at radius 3 is 2.79 bits per heavy atom. The molecule has 0 radical (unpaired) electrons. The molecular weight excluding hydrogens is 384 g/mol. The molecule has 0 saturated heterocycles. The van der Waals surface area contributed by atoms with Crippen molar-refractivity contribution in [3.63, 3.8) is 0 Å². The molecular formula is C22H26N4O2S. The average Bonchev–Trinajstić information content (AvgIpc) is 2.87. The van der Waals surface area contributed by atoms with Crippen LogP contribution in [0.15, 0.2) is 53.4 Å². The smallest absolute Gasteiger partial charge is 0.180 e. The van der Waals surface area contributed by atoms with Gasteiger partial charge in [-0.1, -0.05) is 31.2 Å². The fraction of sp³-hybridized carbons (Fsp3) is 0.318. The number of aryl methyl sites for hydroxylation is 1. The monoisotopic (exact) mass is 410 g/mol. The summed E-state index contributed by atoms with van der Waals surface area (Å²) >= 11 is 0. The second-order valence-electron chi connectivity index (χ2n) is 7.30. The van der Waals surface area contributed by atoms with Gasteiger partial charge in [-0.3, -0.25) is 0 Å². The third-order valence-electron chi connectivity index (χ3n) is 5.35. The number of benzene rings is 2. The summed E-state index contributed by atoms with van der Waals surface area (Å²) < 4.78 is 25.4. The number of hydrogen-bond acceptors (Lipinski definition) is 6. The van der Waals surface area contributed by atoms with Crippen molar-refractivity contribution in [1.82, 2.24) is 4.98 Å². The van der Waals surface area contributed by atoms with E-state index in [0.29, 0.717) is 31.1 Å². The third kappa shape index (κ3) is 3.93. The van der Waals surface area contributed by atoms with Gasteiger partial charge in [0.2, 0.25) is 0 Å². The Bertz CT molecular complexity index is 1140. The molecule has 29 heavy (non-hydrogen) atoms. The summed E-state index contributed by atoms with van der Waals surface area (Å²) in [4.78, 5) is 7.34. The molecule has 3 aromatic rings. The maximum absolute atomic E-state index is 12.7. The number of aromatic nitrogens is 1. The summed E-state index contributed by atoms with van der Waals surface area (Å²) in [6, 6.07) is 15.5. The number of hydrogen-bond donors (Lipinski definition) is 2. The van der Waals surface area contributed by atoms with Crippen molar-refractivity contribution < 1.29 is 8.42 Å². The normalized spacial score (nSPS) is 15.7. The number of nitrogens with zero attached hydrogens (tertiary/aromatic N) is 2. The maximum atomic E-state index is 12.7. The van der Waals surface area contributed by atoms with E-state index in [4.69, 9.17) is 10.7 Å². The first kappa shape index (κ1) is 19.7. The second-order valence-corrected chi connectivity index (χ2v) is 9.37. The predicted octanol–water partition coefficient (Wildman–Crippen LogP) is 2.96. The minimum Gasteiger partial charge on any atom is -0.383 e. The highest BCUT2D eigenvalue weighted by Crippen LogP contribution is 2.31. The summed E-state index contributed by atoms with van der Waals surface area (Å²) in [5.41, 5.74) is 9.63. The SMILES string of the molecule is CCc1ccc2nc(N3CCS(=O)(=O)c4ccccc4C3)cc(NCCN)c2c1. The van der Waals surface area contributed by atoms with Crippen molar-refractivity contribution in [2.24, 2.45) is 5.73 Å². The fourth-order valence-electron chi connectivity index (χ4n) is 3.75. The second kappa shape index (κ2) is 8.00. The third-order valence-corrected chi connectivity index (χ3v) is 7.14. The molecule has 1 aromatic heterocycles. The largest absolute Gasteiger partial charge is 0.383 e. The lowest BCUT2D eigenvalue weighted by Crippen LogP contribution is -2.26. The van der Waals surface area contributed by atoms with E-state index in [1.807, 2.05) is 29.2 Å². The topological polar surface area (TPSA) is 88.3 Å². The Balaban J connectivity index is 1.79. The van der Waals surface area contributed by atoms with Gasteiger partial charge in [0.25, 0.3) is 0 Å². The zero-order chi connectivity index (χ0) is 20.4. The molecule has 0 bridgehead atoms. The van der Waals surface area contributed by atoms with Gasteiger partial charge in [-0.15, -0.1) is 0 Å². The van der Waals surface area contributed by atoms with Crippen LogP contribution in [0.4, 0.5) is 11.5 Å². The van der Waals surface area contributed by atoms with E-state index < -0.39 is 9.84 Å². The van der Waals surface area contributed by atoms with Gasteiger partial charge in [0, 0.05) is 43.3 Å². The Hall–Kier alpha value is -2.64. The van der Waals surface area contributed by atoms with E-state index in [9.17, 15) is 8.42 Å². The standard InChI is InChI=1S/C22H26N4O2S/c1-2-16-7-8-19-18(13-16)20(24-10-9-23)14-22(25-19)26-11-12-29(27,28)21-6-4-3-5-17(21)15-26/h3-8,13-14H,2,9-12,15,23H2,1H3,(H,24,25). The van der Waals surface area contributed by atoms with Gasteiger partial charge in [0.05, 0.1) is 16.2 Å². The van der Waals surface area contributed by atoms with Crippen LogP contribution in [0, 0.1) is 0 Å². The molecule has 6 nitrogen and oxygen atoms in total. The molecule has 0 saturated carbocycles. The van der Waals surface area contributed by atoms with Crippen molar-refractivity contribution in [2.75, 3.05) is 35.6 Å². The molecule has 0 amide bonds. The minimum atomic E-state index is -3.30. The summed E-state index contributed by atoms with van der Waals surface area (Å²) in [5.74, 6) is 0.845. The molecule has 2 aromatic carbocycles. The van der Waals surface area contributed by atoms with E-state index in [1.54, 1.807) is 12.1 Å². The molecule has 0 spiro atoms. The van der Waals surface area contributed by atoms with Crippen LogP contribution >= 0.6 is 0 Å². The summed E-state index contributed by atoms with van der Waals surface area (Å²) in [6.45, 7) is 4.23. The Morgan fingerprint density at radius 1 is 1.17 bits per heavy atom. The number of nitrogens with one attached hydrogen (secondary N) is 1. The van der Waals surface area contributed by atoms with Crippen LogP contribution in [0.2, 0.25) is 0 Å². The maximum Gasteiger partial charge on any atom is 0.180 e. The van der Waals surface area contributed by atoms with Crippen LogP contribution in [-0.4, -0.2) is 38.8 Å². The van der Waals surface area contributed by atoms with Crippen molar-refractivity contribution in [2.45, 2.75) is 24.8 Å². The summed E-state index contributed by atoms with van der Waals surface area (Å²) in [6.07, 6.45) is 0.953. The van der Waals surface area contributed by atoms with Crippen molar-refractivity contribution >= 4 is 32.2 Å². The lowest BCUT2D eigenvalue weighted by atomic mass is 10.1. The first-order chi connectivity index (χ1) is 14.0. The van der Waals surface area contributed by atoms with Gasteiger partial charge >= 0.3 is 0 Å². The van der Waals surface area contributed by atoms with Gasteiger partial charge in [-0.25, -0.2) is 13.4 Å². The molecule has 4 rings (SSSR count). The van der Waals surface area contributed by atoms with Crippen LogP contribution in [-0.2, 0) is 22.8 Å². The zero-order valence-electron chi connectivity index (χ0n) is 16.6. The number of anilines is 2. The molecule has 0 fully saturated rings. The quantitative estimate of drug-likeness (QED) is 0.672. The van der Waals surface area contributed by atoms with E-state index in [1.165, 1.54) is 5.56 Å². The molecule has 2 heterocycles. The van der Waals surface area contributed by atoms with Gasteiger partial charge in [0.15, 0.2) is 9.84 Å². The molecule has 1 aliphatic rings. The van der Waals surface area contributed by atoms with Gasteiger partial charge in [-0.05, 0) is 35.7 Å². The molecule has 0 unspecified atom stereocenters. The van der Waals surface area contributed by atoms with Crippen LogP contribution in [0.3, 0.4) is 0 Å². The molecule has 1 aliphatic heterocycles. The van der Waals surface area contributed by atoms with Crippen molar-refractivity contribution in [1.29, 1.82) is 0 Å². The van der Waals surface area contributed by atoms with E-state index in [-0.39, 0.29) is 5.75 Å². The first-order valence-electron chi connectivity index (χ1n) is 9.95. The molecule has 0 atom stereocenters. The lowest BCUT2D eigenvalue weighted by Gasteiger charge is -2.23. The molecule has 0 aliphatic carbocycles. The van der Waals surface area contributed by atoms with Crippen LogP contribution in [0.25, 0.3) is 10.9 Å². The number of fused-ring (bicyclic) bond motifs is 2. The van der Waals surface area contributed by atoms with E-state index in [0.717, 1.165) is 34.4 Å². The Morgan fingerprint density at radius 2 is 2.00 bits per heavy atom. The van der Waals surface area contributed by atoms with E-state index in [2.05, 4.69) is 24.4 Å². The average molecular weight is 411 g/mol. The van der Waals surface area contributed by atoms with Gasteiger partial charge in [-0.2, -0.15) is 0 Å². The van der Waals surface area contributed by atoms with Crippen LogP contribution < -0.4 is 16.0 Å². The highest BCUT2D eigenvalue weighted by molar-refractivity contribution is 7.91. The van der Waals surface area contributed by atoms with Crippen LogP contribution in [0.1, 0.15) is 18.1 Å². The number of rotatable bonds is 5. The Labute approximate surface area is 171 Å². The summed E-state index contributed by atoms with van der Waals surface area (Å²) in [5, 5.41) is 4.47. The molecule has 7 heteroatoms. The minimum absolute atomic E-state index is 0.0735. The zero-order valence-corrected chi connectivity index (χ0v) is 17.4. The molecule has 3 N–H and O–H groups in total. The first-order valence-corrected chi connectivity index (χ1v) is 11.6. The number of pyridine rings is 1. The van der Waals surface area contributed by atoms with E-state index >= 15 is 0 Å². The van der Waals surface area contributed by atoms with Gasteiger partial charge in [0.1, 0.15) is 5.82 Å². The number of nitrogens with two attached hydrogens (primary N) is 1. The predicted molar refractivity (Wildman–Crippen MR) is 118 cm³/mol. The fourth-order valence-corrected chi connectivity index (χ4v) is 5.25. The van der Waals surface area contributed by atoms with Crippen molar-refractivity contribution in [3.8, 4) is 0 Å². The Kier molecular flexibility index (Phi) is 5.43. The number of sulfone groups is 1. The highest BCUT2D eigenvalue weighted by atomic mass is 32.2. The summed E-state index contributed by atoms with van der Waals surface area (Å²) in [7, 11) is -3.30. The lowest BCUT2D eigenvalue weighted by molar-refractivity contribution is 0.596. The van der Waals surface area contributed by atoms with Gasteiger partial charge < -0.3 is 16.0 Å². The van der Waals surface area contributed by atoms with Crippen LogP contribution in [0.5, 0.6) is 0 Å².